The molecular weight excluding hydrogens is 257 g/mol. The Morgan fingerprint density at radius 3 is 2.60 bits per heavy atom. The molecule has 0 bridgehead atoms. The Bertz CT molecular complexity index is 517. The van der Waals surface area contributed by atoms with Crippen LogP contribution in [-0.4, -0.2) is 24.2 Å². The largest absolute Gasteiger partial charge is 0.478 e. The van der Waals surface area contributed by atoms with Crippen LogP contribution in [0.1, 0.15) is 25.8 Å². The van der Waals surface area contributed by atoms with Crippen molar-refractivity contribution in [3.8, 4) is 0 Å². The predicted octanol–water partition coefficient (Wildman–Crippen LogP) is 3.41. The van der Waals surface area contributed by atoms with Crippen LogP contribution >= 0.6 is 0 Å². The molecule has 1 fully saturated rings. The van der Waals surface area contributed by atoms with Crippen molar-refractivity contribution in [1.82, 2.24) is 0 Å². The Hall–Kier alpha value is -1.84. The van der Waals surface area contributed by atoms with Gasteiger partial charge in [-0.2, -0.15) is 0 Å². The summed E-state index contributed by atoms with van der Waals surface area (Å²) in [6.45, 7) is 6.26. The van der Waals surface area contributed by atoms with Gasteiger partial charge in [0.2, 0.25) is 0 Å². The van der Waals surface area contributed by atoms with Gasteiger partial charge >= 0.3 is 5.97 Å². The van der Waals surface area contributed by atoms with Gasteiger partial charge in [-0.05, 0) is 42.5 Å². The van der Waals surface area contributed by atoms with Gasteiger partial charge in [-0.25, -0.2) is 9.18 Å². The maximum atomic E-state index is 13.4. The average Bonchev–Trinajstić information content (AvgIpc) is 2.35. The number of carboxylic acid groups (broad SMARTS) is 1. The summed E-state index contributed by atoms with van der Waals surface area (Å²) >= 11 is 0. The van der Waals surface area contributed by atoms with E-state index < -0.39 is 5.97 Å². The summed E-state index contributed by atoms with van der Waals surface area (Å²) in [5, 5.41) is 8.74. The molecule has 1 N–H and O–H groups in total. The standard InChI is InChI=1S/C16H20FNO2/c1-11-7-12(2)10-18(9-11)15-5-4-14(17)8-13(15)3-6-16(19)20/h3-6,8,11-12H,7,9-10H2,1-2H3,(H,19,20)/b6-3+. The third-order valence-electron chi connectivity index (χ3n) is 3.60. The maximum absolute atomic E-state index is 13.4. The molecule has 3 nitrogen and oxygen atoms in total. The second kappa shape index (κ2) is 6.07. The molecule has 108 valence electrons. The van der Waals surface area contributed by atoms with Gasteiger partial charge in [0.15, 0.2) is 0 Å². The van der Waals surface area contributed by atoms with Crippen LogP contribution in [0.2, 0.25) is 0 Å². The van der Waals surface area contributed by atoms with Crippen molar-refractivity contribution in [1.29, 1.82) is 0 Å². The number of carbonyl (C=O) groups is 1. The summed E-state index contributed by atoms with van der Waals surface area (Å²) in [7, 11) is 0. The molecule has 1 aliphatic heterocycles. The summed E-state index contributed by atoms with van der Waals surface area (Å²) in [5.41, 5.74) is 1.52. The van der Waals surface area contributed by atoms with Gasteiger partial charge in [0.1, 0.15) is 5.82 Å². The second-order valence-electron chi connectivity index (χ2n) is 5.73. The molecule has 4 heteroatoms. The number of anilines is 1. The molecule has 1 aromatic carbocycles. The molecule has 20 heavy (non-hydrogen) atoms. The van der Waals surface area contributed by atoms with Crippen molar-refractivity contribution < 1.29 is 14.3 Å². The molecule has 0 spiro atoms. The minimum absolute atomic E-state index is 0.350. The average molecular weight is 277 g/mol. The van der Waals surface area contributed by atoms with Crippen LogP contribution in [0.4, 0.5) is 10.1 Å². The van der Waals surface area contributed by atoms with E-state index in [2.05, 4.69) is 18.7 Å². The highest BCUT2D eigenvalue weighted by Crippen LogP contribution is 2.30. The van der Waals surface area contributed by atoms with Crippen LogP contribution in [0, 0.1) is 17.7 Å². The molecule has 2 rings (SSSR count). The van der Waals surface area contributed by atoms with Crippen LogP contribution in [0.25, 0.3) is 6.08 Å². The molecule has 0 aliphatic carbocycles. The minimum Gasteiger partial charge on any atom is -0.478 e. The van der Waals surface area contributed by atoms with Crippen LogP contribution in [0.3, 0.4) is 0 Å². The molecular formula is C16H20FNO2. The van der Waals surface area contributed by atoms with Crippen molar-refractivity contribution in [2.24, 2.45) is 11.8 Å². The van der Waals surface area contributed by atoms with Crippen molar-refractivity contribution in [3.05, 3.63) is 35.7 Å². The van der Waals surface area contributed by atoms with Gasteiger partial charge in [0.05, 0.1) is 0 Å². The monoisotopic (exact) mass is 277 g/mol. The molecule has 0 amide bonds. The summed E-state index contributed by atoms with van der Waals surface area (Å²) in [4.78, 5) is 12.9. The Morgan fingerprint density at radius 1 is 1.35 bits per heavy atom. The Kier molecular flexibility index (Phi) is 4.42. The van der Waals surface area contributed by atoms with Crippen molar-refractivity contribution in [2.45, 2.75) is 20.3 Å². The summed E-state index contributed by atoms with van der Waals surface area (Å²) in [6, 6.07) is 4.55. The van der Waals surface area contributed by atoms with E-state index >= 15 is 0 Å². The molecule has 2 unspecified atom stereocenters. The summed E-state index contributed by atoms with van der Waals surface area (Å²) in [5.74, 6) is -0.210. The SMILES string of the molecule is CC1CC(C)CN(c2ccc(F)cc2/C=C/C(=O)O)C1. The van der Waals surface area contributed by atoms with E-state index in [-0.39, 0.29) is 5.82 Å². The third-order valence-corrected chi connectivity index (χ3v) is 3.60. The van der Waals surface area contributed by atoms with Gasteiger partial charge in [0, 0.05) is 30.4 Å². The lowest BCUT2D eigenvalue weighted by atomic mass is 9.91. The molecule has 0 saturated carbocycles. The molecule has 1 aromatic rings. The van der Waals surface area contributed by atoms with E-state index in [1.165, 1.54) is 24.6 Å². The highest BCUT2D eigenvalue weighted by atomic mass is 19.1. The van der Waals surface area contributed by atoms with Crippen molar-refractivity contribution >= 4 is 17.7 Å². The van der Waals surface area contributed by atoms with E-state index in [9.17, 15) is 9.18 Å². The number of halogens is 1. The lowest BCUT2D eigenvalue weighted by Gasteiger charge is -2.37. The fourth-order valence-corrected chi connectivity index (χ4v) is 2.97. The van der Waals surface area contributed by atoms with Crippen LogP contribution in [-0.2, 0) is 4.79 Å². The van der Waals surface area contributed by atoms with Gasteiger partial charge in [-0.3, -0.25) is 0 Å². The van der Waals surface area contributed by atoms with Gasteiger partial charge in [0.25, 0.3) is 0 Å². The lowest BCUT2D eigenvalue weighted by Crippen LogP contribution is -2.39. The Morgan fingerprint density at radius 2 is 2.00 bits per heavy atom. The number of hydrogen-bond donors (Lipinski definition) is 1. The first kappa shape index (κ1) is 14.6. The Labute approximate surface area is 118 Å². The van der Waals surface area contributed by atoms with E-state index in [1.54, 1.807) is 6.07 Å². The maximum Gasteiger partial charge on any atom is 0.328 e. The fraction of sp³-hybridized carbons (Fsp3) is 0.438. The molecule has 1 heterocycles. The first-order chi connectivity index (χ1) is 9.45. The van der Waals surface area contributed by atoms with Crippen LogP contribution < -0.4 is 4.90 Å². The topological polar surface area (TPSA) is 40.5 Å². The fourth-order valence-electron chi connectivity index (χ4n) is 2.97. The van der Waals surface area contributed by atoms with Crippen molar-refractivity contribution in [3.63, 3.8) is 0 Å². The molecule has 1 saturated heterocycles. The quantitative estimate of drug-likeness (QED) is 0.861. The lowest BCUT2D eigenvalue weighted by molar-refractivity contribution is -0.131. The van der Waals surface area contributed by atoms with Crippen molar-refractivity contribution in [2.75, 3.05) is 18.0 Å². The number of aliphatic carboxylic acids is 1. The predicted molar refractivity (Wildman–Crippen MR) is 78.2 cm³/mol. The third kappa shape index (κ3) is 3.59. The zero-order valence-corrected chi connectivity index (χ0v) is 11.8. The minimum atomic E-state index is -1.03. The number of rotatable bonds is 3. The first-order valence-electron chi connectivity index (χ1n) is 6.91. The molecule has 2 atom stereocenters. The molecule has 1 aliphatic rings. The number of benzene rings is 1. The zero-order valence-electron chi connectivity index (χ0n) is 11.8. The van der Waals surface area contributed by atoms with Gasteiger partial charge in [-0.1, -0.05) is 13.8 Å². The molecule has 0 aromatic heterocycles. The van der Waals surface area contributed by atoms with Crippen LogP contribution in [0.5, 0.6) is 0 Å². The summed E-state index contributed by atoms with van der Waals surface area (Å²) < 4.78 is 13.4. The number of hydrogen-bond acceptors (Lipinski definition) is 2. The first-order valence-corrected chi connectivity index (χ1v) is 6.91. The number of nitrogens with zero attached hydrogens (tertiary/aromatic N) is 1. The zero-order chi connectivity index (χ0) is 14.7. The normalized spacial score (nSPS) is 23.2. The van der Waals surface area contributed by atoms with Crippen LogP contribution in [0.15, 0.2) is 24.3 Å². The van der Waals surface area contributed by atoms with E-state index in [0.29, 0.717) is 17.4 Å². The van der Waals surface area contributed by atoms with E-state index in [4.69, 9.17) is 5.11 Å². The summed E-state index contributed by atoms with van der Waals surface area (Å²) in [6.07, 6.45) is 3.71. The highest BCUT2D eigenvalue weighted by Gasteiger charge is 2.23. The Balaban J connectivity index is 2.32. The van der Waals surface area contributed by atoms with Gasteiger partial charge < -0.3 is 10.0 Å². The van der Waals surface area contributed by atoms with Gasteiger partial charge in [-0.15, -0.1) is 0 Å². The smallest absolute Gasteiger partial charge is 0.328 e. The van der Waals surface area contributed by atoms with E-state index in [0.717, 1.165) is 24.9 Å². The number of carboxylic acids is 1. The molecule has 0 radical (unpaired) electrons. The highest BCUT2D eigenvalue weighted by molar-refractivity contribution is 5.87. The van der Waals surface area contributed by atoms with E-state index in [1.807, 2.05) is 0 Å². The second-order valence-corrected chi connectivity index (χ2v) is 5.73. The number of piperidine rings is 1.